The average molecular weight is 382 g/mol. The minimum Gasteiger partial charge on any atom is -0.451 e. The van der Waals surface area contributed by atoms with Gasteiger partial charge in [0, 0.05) is 10.6 Å². The smallest absolute Gasteiger partial charge is 0.339 e. The van der Waals surface area contributed by atoms with E-state index >= 15 is 0 Å². The molecule has 0 bridgehead atoms. The number of Topliss-reactive ketones (excluding diaryl/α,β-unsaturated/α-hetero) is 1. The number of ether oxygens (including phenoxy) is 1. The Morgan fingerprint density at radius 1 is 1.12 bits per heavy atom. The molecule has 8 heteroatoms. The summed E-state index contributed by atoms with van der Waals surface area (Å²) in [5, 5.41) is 5.55. The maximum atomic E-state index is 12.3. The SMILES string of the molecule is Cc1ccc(S(N)(=O)=O)cc1C(=O)OC(C)C(=O)c1ccc(Cl)cc1. The second-order valence-corrected chi connectivity index (χ2v) is 7.44. The highest BCUT2D eigenvalue weighted by Crippen LogP contribution is 2.18. The molecule has 0 aliphatic carbocycles. The van der Waals surface area contributed by atoms with E-state index in [4.69, 9.17) is 21.5 Å². The van der Waals surface area contributed by atoms with Crippen LogP contribution in [0.25, 0.3) is 0 Å². The van der Waals surface area contributed by atoms with Gasteiger partial charge in [0.05, 0.1) is 10.5 Å². The van der Waals surface area contributed by atoms with Crippen LogP contribution in [0.3, 0.4) is 0 Å². The maximum Gasteiger partial charge on any atom is 0.339 e. The van der Waals surface area contributed by atoms with Gasteiger partial charge in [-0.3, -0.25) is 4.79 Å². The summed E-state index contributed by atoms with van der Waals surface area (Å²) in [4.78, 5) is 24.4. The quantitative estimate of drug-likeness (QED) is 0.633. The Morgan fingerprint density at radius 3 is 2.28 bits per heavy atom. The van der Waals surface area contributed by atoms with Crippen LogP contribution in [0.4, 0.5) is 0 Å². The van der Waals surface area contributed by atoms with E-state index in [0.717, 1.165) is 6.07 Å². The summed E-state index contributed by atoms with van der Waals surface area (Å²) >= 11 is 5.77. The number of benzene rings is 2. The van der Waals surface area contributed by atoms with Crippen molar-refractivity contribution in [3.8, 4) is 0 Å². The zero-order valence-corrected chi connectivity index (χ0v) is 15.1. The number of carbonyl (C=O) groups is 2. The number of primary sulfonamides is 1. The summed E-state index contributed by atoms with van der Waals surface area (Å²) in [7, 11) is -3.95. The molecule has 0 aliphatic rings. The summed E-state index contributed by atoms with van der Waals surface area (Å²) in [6.07, 6.45) is -1.05. The van der Waals surface area contributed by atoms with Crippen molar-refractivity contribution < 1.29 is 22.7 Å². The van der Waals surface area contributed by atoms with Crippen molar-refractivity contribution >= 4 is 33.4 Å². The van der Waals surface area contributed by atoms with Gasteiger partial charge in [-0.25, -0.2) is 18.4 Å². The van der Waals surface area contributed by atoms with Gasteiger partial charge in [0.25, 0.3) is 0 Å². The minimum absolute atomic E-state index is 0.0299. The fourth-order valence-corrected chi connectivity index (χ4v) is 2.79. The predicted molar refractivity (Wildman–Crippen MR) is 93.2 cm³/mol. The molecule has 1 unspecified atom stereocenters. The highest BCUT2D eigenvalue weighted by Gasteiger charge is 2.22. The molecule has 25 heavy (non-hydrogen) atoms. The molecule has 0 radical (unpaired) electrons. The molecule has 0 saturated heterocycles. The number of halogens is 1. The molecule has 0 amide bonds. The van der Waals surface area contributed by atoms with Gasteiger partial charge in [0.15, 0.2) is 6.10 Å². The van der Waals surface area contributed by atoms with Gasteiger partial charge in [-0.2, -0.15) is 0 Å². The van der Waals surface area contributed by atoms with Crippen LogP contribution in [0.5, 0.6) is 0 Å². The first-order chi connectivity index (χ1) is 11.6. The van der Waals surface area contributed by atoms with E-state index in [9.17, 15) is 18.0 Å². The topological polar surface area (TPSA) is 104 Å². The lowest BCUT2D eigenvalue weighted by Gasteiger charge is -2.14. The van der Waals surface area contributed by atoms with Crippen molar-refractivity contribution in [3.05, 3.63) is 64.2 Å². The highest BCUT2D eigenvalue weighted by atomic mass is 35.5. The van der Waals surface area contributed by atoms with E-state index in [1.165, 1.54) is 31.2 Å². The monoisotopic (exact) mass is 381 g/mol. The number of aryl methyl sites for hydroxylation is 1. The number of esters is 1. The molecule has 6 nitrogen and oxygen atoms in total. The molecule has 132 valence electrons. The third kappa shape index (κ3) is 4.66. The van der Waals surface area contributed by atoms with Crippen LogP contribution in [0.2, 0.25) is 5.02 Å². The number of nitrogens with two attached hydrogens (primary N) is 1. The third-order valence-corrected chi connectivity index (χ3v) is 4.70. The number of sulfonamides is 1. The van der Waals surface area contributed by atoms with Crippen LogP contribution >= 0.6 is 11.6 Å². The van der Waals surface area contributed by atoms with E-state index in [1.54, 1.807) is 19.1 Å². The first kappa shape index (κ1) is 19.1. The zero-order valence-electron chi connectivity index (χ0n) is 13.5. The van der Waals surface area contributed by atoms with Gasteiger partial charge in [0.2, 0.25) is 15.8 Å². The molecule has 0 aliphatic heterocycles. The summed E-state index contributed by atoms with van der Waals surface area (Å²) < 4.78 is 28.0. The van der Waals surface area contributed by atoms with Crippen LogP contribution in [0.1, 0.15) is 33.2 Å². The highest BCUT2D eigenvalue weighted by molar-refractivity contribution is 7.89. The molecule has 2 aromatic rings. The fourth-order valence-electron chi connectivity index (χ4n) is 2.12. The standard InChI is InChI=1S/C17H16ClNO5S/c1-10-3-8-14(25(19,22)23)9-15(10)17(21)24-11(2)16(20)12-4-6-13(18)7-5-12/h3-9,11H,1-2H3,(H2,19,22,23). The van der Waals surface area contributed by atoms with Crippen LogP contribution in [-0.4, -0.2) is 26.3 Å². The molecular weight excluding hydrogens is 366 g/mol. The number of hydrogen-bond acceptors (Lipinski definition) is 5. The number of rotatable bonds is 5. The third-order valence-electron chi connectivity index (χ3n) is 3.54. The molecule has 0 spiro atoms. The number of hydrogen-bond donors (Lipinski definition) is 1. The Labute approximate surface area is 150 Å². The van der Waals surface area contributed by atoms with E-state index < -0.39 is 27.9 Å². The molecule has 0 aromatic heterocycles. The molecule has 2 N–H and O–H groups in total. The summed E-state index contributed by atoms with van der Waals surface area (Å²) in [5.41, 5.74) is 0.880. The Kier molecular flexibility index (Phi) is 5.62. The van der Waals surface area contributed by atoms with Crippen LogP contribution in [0, 0.1) is 6.92 Å². The lowest BCUT2D eigenvalue weighted by atomic mass is 10.1. The average Bonchev–Trinajstić information content (AvgIpc) is 2.54. The van der Waals surface area contributed by atoms with Crippen molar-refractivity contribution in [1.82, 2.24) is 0 Å². The minimum atomic E-state index is -3.95. The molecule has 0 fully saturated rings. The van der Waals surface area contributed by atoms with Crippen LogP contribution in [-0.2, 0) is 14.8 Å². The van der Waals surface area contributed by atoms with Crippen molar-refractivity contribution in [2.75, 3.05) is 0 Å². The van der Waals surface area contributed by atoms with Gasteiger partial charge in [-0.1, -0.05) is 17.7 Å². The van der Waals surface area contributed by atoms with E-state index in [0.29, 0.717) is 16.1 Å². The van der Waals surface area contributed by atoms with Crippen molar-refractivity contribution in [2.45, 2.75) is 24.8 Å². The molecule has 1 atom stereocenters. The van der Waals surface area contributed by atoms with Crippen molar-refractivity contribution in [2.24, 2.45) is 5.14 Å². The molecular formula is C17H16ClNO5S. The summed E-state index contributed by atoms with van der Waals surface area (Å²) in [6, 6.07) is 10.0. The lowest BCUT2D eigenvalue weighted by molar-refractivity contribution is 0.0318. The van der Waals surface area contributed by atoms with E-state index in [-0.39, 0.29) is 10.5 Å². The van der Waals surface area contributed by atoms with Gasteiger partial charge < -0.3 is 4.74 Å². The Hall–Kier alpha value is -2.22. The molecule has 0 saturated carbocycles. The second-order valence-electron chi connectivity index (χ2n) is 5.44. The second kappa shape index (κ2) is 7.35. The number of ketones is 1. The van der Waals surface area contributed by atoms with Gasteiger partial charge in [0.1, 0.15) is 0 Å². The maximum absolute atomic E-state index is 12.3. The van der Waals surface area contributed by atoms with Crippen molar-refractivity contribution in [1.29, 1.82) is 0 Å². The van der Waals surface area contributed by atoms with E-state index in [1.807, 2.05) is 0 Å². The van der Waals surface area contributed by atoms with Crippen LogP contribution < -0.4 is 5.14 Å². The predicted octanol–water partition coefficient (Wildman–Crippen LogP) is 2.72. The first-order valence-electron chi connectivity index (χ1n) is 7.24. The Bertz CT molecular complexity index is 923. The molecule has 2 aromatic carbocycles. The van der Waals surface area contributed by atoms with Gasteiger partial charge >= 0.3 is 5.97 Å². The normalized spacial score (nSPS) is 12.5. The molecule has 2 rings (SSSR count). The van der Waals surface area contributed by atoms with Crippen LogP contribution in [0.15, 0.2) is 47.4 Å². The fraction of sp³-hybridized carbons (Fsp3) is 0.176. The van der Waals surface area contributed by atoms with E-state index in [2.05, 4.69) is 0 Å². The first-order valence-corrected chi connectivity index (χ1v) is 9.16. The largest absolute Gasteiger partial charge is 0.451 e. The lowest BCUT2D eigenvalue weighted by Crippen LogP contribution is -2.25. The Morgan fingerprint density at radius 2 is 1.72 bits per heavy atom. The van der Waals surface area contributed by atoms with Crippen molar-refractivity contribution in [3.63, 3.8) is 0 Å². The Balaban J connectivity index is 2.21. The van der Waals surface area contributed by atoms with Gasteiger partial charge in [-0.15, -0.1) is 0 Å². The summed E-state index contributed by atoms with van der Waals surface area (Å²) in [6.45, 7) is 3.06. The molecule has 0 heterocycles. The van der Waals surface area contributed by atoms with Gasteiger partial charge in [-0.05, 0) is 55.8 Å². The summed E-state index contributed by atoms with van der Waals surface area (Å²) in [5.74, 6) is -1.21. The zero-order chi connectivity index (χ0) is 18.8. The number of carbonyl (C=O) groups excluding carboxylic acids is 2.